The number of amides is 1. The highest BCUT2D eigenvalue weighted by atomic mass is 35.5. The zero-order chi connectivity index (χ0) is 22.6. The molecule has 0 aliphatic heterocycles. The molecule has 164 valence electrons. The van der Waals surface area contributed by atoms with Crippen molar-refractivity contribution in [2.45, 2.75) is 0 Å². The summed E-state index contributed by atoms with van der Waals surface area (Å²) in [6.07, 6.45) is 1.01. The van der Waals surface area contributed by atoms with Crippen LogP contribution in [0.4, 0.5) is 10.8 Å². The van der Waals surface area contributed by atoms with Gasteiger partial charge in [-0.1, -0.05) is 35.1 Å². The maximum atomic E-state index is 12.6. The Morgan fingerprint density at radius 2 is 1.84 bits per heavy atom. The Bertz CT molecular complexity index is 1180. The van der Waals surface area contributed by atoms with E-state index in [1.165, 1.54) is 26.4 Å². The van der Waals surface area contributed by atoms with Crippen LogP contribution in [0.1, 0.15) is 0 Å². The van der Waals surface area contributed by atoms with Crippen LogP contribution in [0.3, 0.4) is 0 Å². The molecule has 2 aromatic carbocycles. The van der Waals surface area contributed by atoms with Crippen molar-refractivity contribution in [2.75, 3.05) is 36.6 Å². The molecule has 0 saturated carbocycles. The first-order chi connectivity index (χ1) is 14.7. The lowest BCUT2D eigenvalue weighted by atomic mass is 10.2. The molecule has 0 fully saturated rings. The zero-order valence-electron chi connectivity index (χ0n) is 16.8. The van der Waals surface area contributed by atoms with Crippen molar-refractivity contribution >= 4 is 49.7 Å². The van der Waals surface area contributed by atoms with Crippen LogP contribution in [0.15, 0.2) is 42.5 Å². The normalized spacial score (nSPS) is 11.1. The van der Waals surface area contributed by atoms with Crippen LogP contribution >= 0.6 is 22.9 Å². The molecule has 3 aromatic rings. The summed E-state index contributed by atoms with van der Waals surface area (Å²) in [6.45, 7) is -0.475. The van der Waals surface area contributed by atoms with E-state index in [1.54, 1.807) is 30.3 Å². The van der Waals surface area contributed by atoms with Crippen molar-refractivity contribution in [3.05, 3.63) is 47.5 Å². The van der Waals surface area contributed by atoms with Crippen molar-refractivity contribution in [1.82, 2.24) is 10.2 Å². The lowest BCUT2D eigenvalue weighted by Gasteiger charge is -2.23. The molecule has 0 bridgehead atoms. The highest BCUT2D eigenvalue weighted by Gasteiger charge is 2.25. The second-order valence-corrected chi connectivity index (χ2v) is 9.60. The van der Waals surface area contributed by atoms with Crippen LogP contribution < -0.4 is 19.1 Å². The van der Waals surface area contributed by atoms with Gasteiger partial charge in [0.2, 0.25) is 21.1 Å². The fraction of sp³-hybridized carbons (Fsp3) is 0.211. The lowest BCUT2D eigenvalue weighted by molar-refractivity contribution is -0.114. The number of rotatable bonds is 8. The summed E-state index contributed by atoms with van der Waals surface area (Å²) < 4.78 is 36.1. The van der Waals surface area contributed by atoms with Crippen LogP contribution in [0.25, 0.3) is 10.6 Å². The number of methoxy groups -OCH3 is 2. The molecule has 1 N–H and O–H groups in total. The lowest BCUT2D eigenvalue weighted by Crippen LogP contribution is -2.37. The first kappa shape index (κ1) is 22.8. The number of hydrogen-bond donors (Lipinski definition) is 1. The number of hydrogen-bond acceptors (Lipinski definition) is 8. The fourth-order valence-corrected chi connectivity index (χ4v) is 4.40. The van der Waals surface area contributed by atoms with Crippen molar-refractivity contribution in [2.24, 2.45) is 0 Å². The van der Waals surface area contributed by atoms with E-state index in [4.69, 9.17) is 21.1 Å². The first-order valence-electron chi connectivity index (χ1n) is 8.80. The third-order valence-electron chi connectivity index (χ3n) is 4.11. The Kier molecular flexibility index (Phi) is 6.98. The molecule has 1 amide bonds. The Hall–Kier alpha value is -2.89. The number of anilines is 2. The molecule has 1 heterocycles. The van der Waals surface area contributed by atoms with E-state index < -0.39 is 22.5 Å². The van der Waals surface area contributed by atoms with E-state index in [9.17, 15) is 13.2 Å². The summed E-state index contributed by atoms with van der Waals surface area (Å²) in [7, 11) is -0.909. The smallest absolute Gasteiger partial charge is 0.246 e. The van der Waals surface area contributed by atoms with Crippen molar-refractivity contribution in [1.29, 1.82) is 0 Å². The molecule has 0 radical (unpaired) electrons. The number of carbonyl (C=O) groups is 1. The summed E-state index contributed by atoms with van der Waals surface area (Å²) in [4.78, 5) is 12.6. The van der Waals surface area contributed by atoms with Crippen LogP contribution in [-0.4, -0.2) is 51.5 Å². The molecule has 12 heteroatoms. The highest BCUT2D eigenvalue weighted by molar-refractivity contribution is 7.92. The molecule has 0 saturated heterocycles. The number of halogens is 1. The van der Waals surface area contributed by atoms with Crippen molar-refractivity contribution in [3.8, 4) is 22.1 Å². The largest absolute Gasteiger partial charge is 0.497 e. The van der Waals surface area contributed by atoms with Crippen molar-refractivity contribution in [3.63, 3.8) is 0 Å². The van der Waals surface area contributed by atoms with Gasteiger partial charge >= 0.3 is 0 Å². The first-order valence-corrected chi connectivity index (χ1v) is 11.8. The van der Waals surface area contributed by atoms with Gasteiger partial charge in [-0.15, -0.1) is 10.2 Å². The Morgan fingerprint density at radius 3 is 2.45 bits per heavy atom. The summed E-state index contributed by atoms with van der Waals surface area (Å²) in [5.41, 5.74) is 1.00. The number of sulfonamides is 1. The Morgan fingerprint density at radius 1 is 1.13 bits per heavy atom. The summed E-state index contributed by atoms with van der Waals surface area (Å²) in [5, 5.41) is 12.0. The molecule has 0 aliphatic rings. The van der Waals surface area contributed by atoms with Crippen LogP contribution in [0, 0.1) is 0 Å². The number of ether oxygens (including phenoxy) is 2. The van der Waals surface area contributed by atoms with Crippen LogP contribution in [0.5, 0.6) is 11.5 Å². The van der Waals surface area contributed by atoms with Gasteiger partial charge in [-0.2, -0.15) is 0 Å². The Balaban J connectivity index is 1.79. The molecule has 3 rings (SSSR count). The van der Waals surface area contributed by atoms with Crippen molar-refractivity contribution < 1.29 is 22.7 Å². The number of nitrogens with one attached hydrogen (secondary N) is 1. The molecule has 0 unspecified atom stereocenters. The maximum absolute atomic E-state index is 12.6. The minimum Gasteiger partial charge on any atom is -0.497 e. The second-order valence-electron chi connectivity index (χ2n) is 6.27. The average Bonchev–Trinajstić information content (AvgIpc) is 3.19. The fourth-order valence-electron chi connectivity index (χ4n) is 2.64. The second kappa shape index (κ2) is 9.50. The van der Waals surface area contributed by atoms with Gasteiger partial charge in [0, 0.05) is 16.7 Å². The standard InChI is InChI=1S/C19H19ClN4O5S2/c1-28-14-8-9-15(16(10-14)29-2)24(31(3,26)27)11-17(25)21-19-23-22-18(30-19)12-4-6-13(20)7-5-12/h4-10H,11H2,1-3H3,(H,21,23,25). The minimum absolute atomic E-state index is 0.208. The third kappa shape index (κ3) is 5.63. The monoisotopic (exact) mass is 482 g/mol. The van der Waals surface area contributed by atoms with Gasteiger partial charge in [0.15, 0.2) is 0 Å². The molecule has 1 aromatic heterocycles. The van der Waals surface area contributed by atoms with Gasteiger partial charge in [-0.25, -0.2) is 8.42 Å². The minimum atomic E-state index is -3.79. The number of aromatic nitrogens is 2. The molecule has 0 aliphatic carbocycles. The highest BCUT2D eigenvalue weighted by Crippen LogP contribution is 2.33. The van der Waals surface area contributed by atoms with Crippen LogP contribution in [-0.2, 0) is 14.8 Å². The number of benzene rings is 2. The van der Waals surface area contributed by atoms with Gasteiger partial charge in [0.1, 0.15) is 23.1 Å². The molecule has 9 nitrogen and oxygen atoms in total. The van der Waals surface area contributed by atoms with Gasteiger partial charge in [-0.05, 0) is 24.3 Å². The third-order valence-corrected chi connectivity index (χ3v) is 6.37. The Labute approximate surface area is 188 Å². The van der Waals surface area contributed by atoms with E-state index in [2.05, 4.69) is 15.5 Å². The maximum Gasteiger partial charge on any atom is 0.246 e. The van der Waals surface area contributed by atoms with E-state index >= 15 is 0 Å². The van der Waals surface area contributed by atoms with Crippen LogP contribution in [0.2, 0.25) is 5.02 Å². The number of nitrogens with zero attached hydrogens (tertiary/aromatic N) is 3. The van der Waals surface area contributed by atoms with E-state index in [1.807, 2.05) is 0 Å². The molecule has 0 atom stereocenters. The topological polar surface area (TPSA) is 111 Å². The molecule has 31 heavy (non-hydrogen) atoms. The van der Waals surface area contributed by atoms with Gasteiger partial charge < -0.3 is 9.47 Å². The average molecular weight is 483 g/mol. The summed E-state index contributed by atoms with van der Waals surface area (Å²) in [6, 6.07) is 11.7. The summed E-state index contributed by atoms with van der Waals surface area (Å²) in [5.74, 6) is 0.155. The van der Waals surface area contributed by atoms with Gasteiger partial charge in [0.05, 0.1) is 26.2 Å². The SMILES string of the molecule is COc1ccc(N(CC(=O)Nc2nnc(-c3ccc(Cl)cc3)s2)S(C)(=O)=O)c(OC)c1. The predicted octanol–water partition coefficient (Wildman–Crippen LogP) is 3.28. The predicted molar refractivity (Wildman–Crippen MR) is 121 cm³/mol. The quantitative estimate of drug-likeness (QED) is 0.524. The van der Waals surface area contributed by atoms with Gasteiger partial charge in [0.25, 0.3) is 0 Å². The van der Waals surface area contributed by atoms with E-state index in [0.717, 1.165) is 27.5 Å². The molecular formula is C19H19ClN4O5S2. The number of carbonyl (C=O) groups excluding carboxylic acids is 1. The van der Waals surface area contributed by atoms with E-state index in [-0.39, 0.29) is 16.6 Å². The summed E-state index contributed by atoms with van der Waals surface area (Å²) >= 11 is 7.04. The van der Waals surface area contributed by atoms with E-state index in [0.29, 0.717) is 15.8 Å². The molecular weight excluding hydrogens is 464 g/mol. The van der Waals surface area contributed by atoms with Gasteiger partial charge in [-0.3, -0.25) is 14.4 Å². The zero-order valence-corrected chi connectivity index (χ0v) is 19.2. The molecule has 0 spiro atoms.